The molecule has 1 N–H and O–H groups in total. The Morgan fingerprint density at radius 2 is 1.31 bits per heavy atom. The van der Waals surface area contributed by atoms with Crippen LogP contribution in [0.25, 0.3) is 22.3 Å². The highest BCUT2D eigenvalue weighted by Crippen LogP contribution is 2.39. The third kappa shape index (κ3) is 4.09. The van der Waals surface area contributed by atoms with Crippen LogP contribution in [-0.4, -0.2) is 35.3 Å². The first kappa shape index (κ1) is 20.9. The van der Waals surface area contributed by atoms with Gasteiger partial charge in [-0.25, -0.2) is 4.79 Å². The van der Waals surface area contributed by atoms with Crippen LogP contribution < -0.4 is 14.2 Å². The zero-order valence-corrected chi connectivity index (χ0v) is 17.5. The predicted octanol–water partition coefficient (Wildman–Crippen LogP) is 5.32. The summed E-state index contributed by atoms with van der Waals surface area (Å²) in [6.45, 7) is 0. The molecule has 0 amide bonds. The number of rotatable bonds is 7. The number of carboxylic acid groups (broad SMARTS) is 1. The highest BCUT2D eigenvalue weighted by Gasteiger charge is 2.22. The van der Waals surface area contributed by atoms with Crippen molar-refractivity contribution in [2.45, 2.75) is 0 Å². The highest BCUT2D eigenvalue weighted by atomic mass is 16.5. The Morgan fingerprint density at radius 1 is 0.750 bits per heavy atom. The van der Waals surface area contributed by atoms with Crippen LogP contribution in [0.2, 0.25) is 0 Å². The molecule has 0 saturated carbocycles. The second-order valence-corrected chi connectivity index (χ2v) is 6.72. The van der Waals surface area contributed by atoms with Gasteiger partial charge < -0.3 is 19.3 Å². The average Bonchev–Trinajstić information content (AvgIpc) is 2.84. The molecule has 0 radical (unpaired) electrons. The largest absolute Gasteiger partial charge is 0.480 e. The van der Waals surface area contributed by atoms with Crippen LogP contribution in [0.4, 0.5) is 0 Å². The molecule has 1 heterocycles. The number of hydrogen-bond acceptors (Lipinski definition) is 6. The minimum absolute atomic E-state index is 0.00682. The quantitative estimate of drug-likeness (QED) is 0.426. The molecular formula is C25H20N2O5. The number of carbonyl (C=O) groups is 1. The molecule has 0 saturated heterocycles. The van der Waals surface area contributed by atoms with Crippen molar-refractivity contribution in [2.24, 2.45) is 0 Å². The van der Waals surface area contributed by atoms with Crippen LogP contribution in [0.3, 0.4) is 0 Å². The van der Waals surface area contributed by atoms with Gasteiger partial charge in [0.2, 0.25) is 11.8 Å². The smallest absolute Gasteiger partial charge is 0.340 e. The summed E-state index contributed by atoms with van der Waals surface area (Å²) in [5.41, 5.74) is 2.66. The molecule has 0 bridgehead atoms. The molecule has 4 rings (SSSR count). The first-order valence-corrected chi connectivity index (χ1v) is 9.77. The fourth-order valence-corrected chi connectivity index (χ4v) is 3.39. The van der Waals surface area contributed by atoms with E-state index in [1.807, 2.05) is 60.7 Å². The Kier molecular flexibility index (Phi) is 5.98. The van der Waals surface area contributed by atoms with Gasteiger partial charge >= 0.3 is 12.0 Å². The minimum Gasteiger partial charge on any atom is -0.480 e. The lowest BCUT2D eigenvalue weighted by Crippen LogP contribution is -2.06. The van der Waals surface area contributed by atoms with Gasteiger partial charge in [-0.2, -0.15) is 9.97 Å². The Morgan fingerprint density at radius 3 is 1.84 bits per heavy atom. The lowest BCUT2D eigenvalue weighted by atomic mass is 9.99. The van der Waals surface area contributed by atoms with E-state index in [4.69, 9.17) is 14.2 Å². The normalized spacial score (nSPS) is 10.4. The van der Waals surface area contributed by atoms with Crippen molar-refractivity contribution in [3.8, 4) is 45.8 Å². The molecule has 7 nitrogen and oxygen atoms in total. The molecule has 0 spiro atoms. The molecule has 0 unspecified atom stereocenters. The zero-order valence-electron chi connectivity index (χ0n) is 17.5. The van der Waals surface area contributed by atoms with Gasteiger partial charge in [-0.1, -0.05) is 72.8 Å². The molecule has 0 aliphatic rings. The summed E-state index contributed by atoms with van der Waals surface area (Å²) in [5, 5.41) is 9.91. The summed E-state index contributed by atoms with van der Waals surface area (Å²) in [6, 6.07) is 23.6. The second kappa shape index (κ2) is 9.18. The zero-order chi connectivity index (χ0) is 22.5. The van der Waals surface area contributed by atoms with E-state index >= 15 is 0 Å². The number of nitrogens with zero attached hydrogens (tertiary/aromatic N) is 2. The summed E-state index contributed by atoms with van der Waals surface area (Å²) in [6.07, 6.45) is 0. The average molecular weight is 428 g/mol. The number of benzene rings is 3. The van der Waals surface area contributed by atoms with Crippen molar-refractivity contribution in [3.05, 3.63) is 84.4 Å². The molecular weight excluding hydrogens is 408 g/mol. The molecule has 1 aromatic heterocycles. The predicted molar refractivity (Wildman–Crippen MR) is 119 cm³/mol. The fourth-order valence-electron chi connectivity index (χ4n) is 3.39. The SMILES string of the molecule is COc1nc(Oc2cccc(-c3ccccc3)c2C(=O)O)nc(OC)c1-c1ccccc1. The van der Waals surface area contributed by atoms with Crippen LogP contribution in [-0.2, 0) is 0 Å². The molecule has 4 aromatic rings. The summed E-state index contributed by atoms with van der Waals surface area (Å²) in [5.74, 6) is -0.530. The number of aromatic carboxylic acids is 1. The molecule has 0 aliphatic heterocycles. The van der Waals surface area contributed by atoms with Crippen LogP contribution in [0.15, 0.2) is 78.9 Å². The van der Waals surface area contributed by atoms with Crippen LogP contribution in [0.5, 0.6) is 23.5 Å². The van der Waals surface area contributed by atoms with E-state index in [9.17, 15) is 9.90 Å². The van der Waals surface area contributed by atoms with Gasteiger partial charge in [-0.3, -0.25) is 0 Å². The maximum atomic E-state index is 12.1. The second-order valence-electron chi connectivity index (χ2n) is 6.72. The Balaban J connectivity index is 1.81. The van der Waals surface area contributed by atoms with Gasteiger partial charge in [0, 0.05) is 0 Å². The Hall–Kier alpha value is -4.39. The third-order valence-corrected chi connectivity index (χ3v) is 4.80. The van der Waals surface area contributed by atoms with Crippen molar-refractivity contribution in [1.82, 2.24) is 9.97 Å². The number of aromatic nitrogens is 2. The minimum atomic E-state index is -1.13. The number of hydrogen-bond donors (Lipinski definition) is 1. The van der Waals surface area contributed by atoms with Crippen molar-refractivity contribution in [1.29, 1.82) is 0 Å². The van der Waals surface area contributed by atoms with Crippen molar-refractivity contribution < 1.29 is 24.1 Å². The van der Waals surface area contributed by atoms with E-state index in [2.05, 4.69) is 9.97 Å². The van der Waals surface area contributed by atoms with E-state index in [0.29, 0.717) is 11.1 Å². The molecule has 0 aliphatic carbocycles. The molecule has 160 valence electrons. The van der Waals surface area contributed by atoms with Gasteiger partial charge in [0.15, 0.2) is 0 Å². The van der Waals surface area contributed by atoms with Gasteiger partial charge in [-0.05, 0) is 22.8 Å². The monoisotopic (exact) mass is 428 g/mol. The van der Waals surface area contributed by atoms with Gasteiger partial charge in [0.1, 0.15) is 16.9 Å². The number of methoxy groups -OCH3 is 2. The molecule has 0 fully saturated rings. The lowest BCUT2D eigenvalue weighted by molar-refractivity contribution is 0.0695. The van der Waals surface area contributed by atoms with Gasteiger partial charge in [-0.15, -0.1) is 0 Å². The standard InChI is InChI=1S/C25H20N2O5/c1-30-22-20(17-12-7-4-8-13-17)23(31-2)27-25(26-22)32-19-15-9-14-18(21(19)24(28)29)16-10-5-3-6-11-16/h3-15H,1-2H3,(H,28,29). The number of carboxylic acids is 1. The Labute approximate surface area is 184 Å². The fraction of sp³-hybridized carbons (Fsp3) is 0.0800. The third-order valence-electron chi connectivity index (χ3n) is 4.80. The topological polar surface area (TPSA) is 90.8 Å². The van der Waals surface area contributed by atoms with E-state index < -0.39 is 5.97 Å². The summed E-state index contributed by atoms with van der Waals surface area (Å²) in [7, 11) is 2.97. The molecule has 0 atom stereocenters. The van der Waals surface area contributed by atoms with E-state index in [1.54, 1.807) is 18.2 Å². The number of ether oxygens (including phenoxy) is 3. The van der Waals surface area contributed by atoms with E-state index in [1.165, 1.54) is 14.2 Å². The van der Waals surface area contributed by atoms with E-state index in [0.717, 1.165) is 11.1 Å². The maximum absolute atomic E-state index is 12.1. The van der Waals surface area contributed by atoms with Crippen molar-refractivity contribution in [2.75, 3.05) is 14.2 Å². The van der Waals surface area contributed by atoms with Crippen molar-refractivity contribution >= 4 is 5.97 Å². The molecule has 3 aromatic carbocycles. The summed E-state index contributed by atoms with van der Waals surface area (Å²) >= 11 is 0. The molecule has 32 heavy (non-hydrogen) atoms. The van der Waals surface area contributed by atoms with Gasteiger partial charge in [0.05, 0.1) is 14.2 Å². The lowest BCUT2D eigenvalue weighted by Gasteiger charge is -2.15. The van der Waals surface area contributed by atoms with Crippen LogP contribution >= 0.6 is 0 Å². The summed E-state index contributed by atoms with van der Waals surface area (Å²) in [4.78, 5) is 20.8. The summed E-state index contributed by atoms with van der Waals surface area (Å²) < 4.78 is 16.8. The molecule has 7 heteroatoms. The van der Waals surface area contributed by atoms with E-state index in [-0.39, 0.29) is 29.1 Å². The van der Waals surface area contributed by atoms with Crippen LogP contribution in [0, 0.1) is 0 Å². The first-order chi connectivity index (χ1) is 15.6. The van der Waals surface area contributed by atoms with Crippen LogP contribution in [0.1, 0.15) is 10.4 Å². The van der Waals surface area contributed by atoms with Gasteiger partial charge in [0.25, 0.3) is 0 Å². The first-order valence-electron chi connectivity index (χ1n) is 9.77. The Bertz CT molecular complexity index is 1220. The van der Waals surface area contributed by atoms with Crippen molar-refractivity contribution in [3.63, 3.8) is 0 Å². The maximum Gasteiger partial charge on any atom is 0.340 e. The highest BCUT2D eigenvalue weighted by molar-refractivity contribution is 5.99.